The van der Waals surface area contributed by atoms with Crippen molar-refractivity contribution < 1.29 is 9.53 Å². The Labute approximate surface area is 214 Å². The number of nitrogens with zero attached hydrogens (tertiary/aromatic N) is 2. The average Bonchev–Trinajstić information content (AvgIpc) is 2.84. The summed E-state index contributed by atoms with van der Waals surface area (Å²) in [6.07, 6.45) is 3.78. The molecular formula is C25H36IN5O2. The molecule has 2 aromatic rings. The predicted octanol–water partition coefficient (Wildman–Crippen LogP) is 3.69. The Bertz CT molecular complexity index is 881. The normalized spacial score (nSPS) is 15.3. The number of aliphatic imine (C=N–C) groups is 1. The second-order valence-electron chi connectivity index (χ2n) is 8.02. The van der Waals surface area contributed by atoms with Gasteiger partial charge in [-0.3, -0.25) is 9.69 Å². The van der Waals surface area contributed by atoms with Gasteiger partial charge in [-0.25, -0.2) is 4.99 Å². The van der Waals surface area contributed by atoms with Gasteiger partial charge in [0.25, 0.3) is 0 Å². The number of carbonyl (C=O) groups is 1. The van der Waals surface area contributed by atoms with Crippen LogP contribution in [-0.4, -0.2) is 50.1 Å². The first-order valence-electron chi connectivity index (χ1n) is 11.4. The number of nitrogens with two attached hydrogens (primary N) is 1. The maximum Gasteiger partial charge on any atom is 0.248 e. The van der Waals surface area contributed by atoms with E-state index in [1.807, 2.05) is 24.3 Å². The first-order valence-corrected chi connectivity index (χ1v) is 11.4. The Morgan fingerprint density at radius 2 is 1.73 bits per heavy atom. The number of methoxy groups -OCH3 is 1. The number of amides is 1. The van der Waals surface area contributed by atoms with Crippen molar-refractivity contribution in [2.75, 3.05) is 33.3 Å². The molecule has 3 rings (SSSR count). The molecule has 7 nitrogen and oxygen atoms in total. The lowest BCUT2D eigenvalue weighted by Gasteiger charge is -2.35. The minimum Gasteiger partial charge on any atom is -0.497 e. The fraction of sp³-hybridized carbons (Fsp3) is 0.440. The lowest BCUT2D eigenvalue weighted by Crippen LogP contribution is -2.44. The molecule has 1 aliphatic heterocycles. The van der Waals surface area contributed by atoms with E-state index >= 15 is 0 Å². The maximum atomic E-state index is 11.3. The second kappa shape index (κ2) is 14.0. The molecule has 1 aliphatic rings. The first kappa shape index (κ1) is 26.9. The van der Waals surface area contributed by atoms with Crippen LogP contribution in [0, 0.1) is 0 Å². The monoisotopic (exact) mass is 565 g/mol. The summed E-state index contributed by atoms with van der Waals surface area (Å²) in [7, 11) is 1.69. The number of hydrogen-bond donors (Lipinski definition) is 3. The third-order valence-corrected chi connectivity index (χ3v) is 5.80. The van der Waals surface area contributed by atoms with Gasteiger partial charge in [-0.2, -0.15) is 0 Å². The van der Waals surface area contributed by atoms with Crippen LogP contribution in [0.3, 0.4) is 0 Å². The summed E-state index contributed by atoms with van der Waals surface area (Å²) in [4.78, 5) is 18.6. The van der Waals surface area contributed by atoms with Crippen LogP contribution >= 0.6 is 24.0 Å². The smallest absolute Gasteiger partial charge is 0.248 e. The van der Waals surface area contributed by atoms with Crippen LogP contribution in [0.5, 0.6) is 5.75 Å². The minimum atomic E-state index is -0.419. The van der Waals surface area contributed by atoms with E-state index in [1.165, 1.54) is 24.8 Å². The van der Waals surface area contributed by atoms with Crippen LogP contribution in [0.4, 0.5) is 0 Å². The van der Waals surface area contributed by atoms with E-state index in [9.17, 15) is 4.79 Å². The van der Waals surface area contributed by atoms with Crippen molar-refractivity contribution in [3.05, 3.63) is 65.2 Å². The average molecular weight is 566 g/mol. The molecule has 0 radical (unpaired) electrons. The molecule has 1 heterocycles. The molecule has 0 spiro atoms. The van der Waals surface area contributed by atoms with Crippen molar-refractivity contribution in [2.45, 2.75) is 38.8 Å². The Morgan fingerprint density at radius 1 is 1.06 bits per heavy atom. The maximum absolute atomic E-state index is 11.3. The summed E-state index contributed by atoms with van der Waals surface area (Å²) in [6.45, 7) is 6.34. The Balaban J connectivity index is 0.00000385. The summed E-state index contributed by atoms with van der Waals surface area (Å²) in [6, 6.07) is 15.9. The summed E-state index contributed by atoms with van der Waals surface area (Å²) in [5.41, 5.74) is 8.13. The van der Waals surface area contributed by atoms with Crippen LogP contribution in [-0.2, 0) is 6.54 Å². The molecule has 33 heavy (non-hydrogen) atoms. The molecule has 1 fully saturated rings. The number of halogens is 1. The number of primary amides is 1. The highest BCUT2D eigenvalue weighted by atomic mass is 127. The number of carbonyl (C=O) groups excluding carboxylic acids is 1. The zero-order valence-corrected chi connectivity index (χ0v) is 21.9. The van der Waals surface area contributed by atoms with Crippen LogP contribution in [0.2, 0.25) is 0 Å². The Morgan fingerprint density at radius 3 is 2.30 bits per heavy atom. The lowest BCUT2D eigenvalue weighted by molar-refractivity contribution is 0.100. The topological polar surface area (TPSA) is 92.0 Å². The van der Waals surface area contributed by atoms with Crippen molar-refractivity contribution in [2.24, 2.45) is 10.7 Å². The predicted molar refractivity (Wildman–Crippen MR) is 144 cm³/mol. The highest BCUT2D eigenvalue weighted by Crippen LogP contribution is 2.25. The molecule has 1 amide bonds. The number of ether oxygens (including phenoxy) is 1. The van der Waals surface area contributed by atoms with E-state index in [0.29, 0.717) is 12.1 Å². The molecular weight excluding hydrogens is 529 g/mol. The Kier molecular flexibility index (Phi) is 11.5. The quantitative estimate of drug-likeness (QED) is 0.245. The Hall–Kier alpha value is -2.33. The van der Waals surface area contributed by atoms with Crippen molar-refractivity contribution in [3.63, 3.8) is 0 Å². The van der Waals surface area contributed by atoms with Gasteiger partial charge in [-0.15, -0.1) is 24.0 Å². The zero-order valence-electron chi connectivity index (χ0n) is 19.5. The van der Waals surface area contributed by atoms with Crippen LogP contribution in [0.25, 0.3) is 0 Å². The molecule has 1 atom stereocenters. The summed E-state index contributed by atoms with van der Waals surface area (Å²) in [5, 5.41) is 6.87. The van der Waals surface area contributed by atoms with E-state index in [1.54, 1.807) is 19.2 Å². The molecule has 0 aliphatic carbocycles. The number of hydrogen-bond acceptors (Lipinski definition) is 4. The van der Waals surface area contributed by atoms with E-state index in [4.69, 9.17) is 15.5 Å². The largest absolute Gasteiger partial charge is 0.497 e. The van der Waals surface area contributed by atoms with Gasteiger partial charge in [-0.1, -0.05) is 30.7 Å². The highest BCUT2D eigenvalue weighted by Gasteiger charge is 2.22. The van der Waals surface area contributed by atoms with Crippen LogP contribution in [0.15, 0.2) is 53.5 Å². The number of benzene rings is 2. The van der Waals surface area contributed by atoms with Gasteiger partial charge in [0.2, 0.25) is 5.91 Å². The van der Waals surface area contributed by atoms with Gasteiger partial charge >= 0.3 is 0 Å². The number of rotatable bonds is 9. The van der Waals surface area contributed by atoms with E-state index in [0.717, 1.165) is 43.5 Å². The fourth-order valence-corrected chi connectivity index (χ4v) is 3.99. The summed E-state index contributed by atoms with van der Waals surface area (Å²) >= 11 is 0. The van der Waals surface area contributed by atoms with Gasteiger partial charge in [0.15, 0.2) is 5.96 Å². The van der Waals surface area contributed by atoms with Crippen molar-refractivity contribution >= 4 is 35.8 Å². The van der Waals surface area contributed by atoms with Gasteiger partial charge in [0.05, 0.1) is 19.7 Å². The van der Waals surface area contributed by atoms with Gasteiger partial charge < -0.3 is 21.1 Å². The van der Waals surface area contributed by atoms with Gasteiger partial charge in [-0.05, 0) is 68.2 Å². The van der Waals surface area contributed by atoms with E-state index in [-0.39, 0.29) is 30.0 Å². The third kappa shape index (κ3) is 8.19. The standard InChI is InChI=1S/C25H35N5O2.HI/c1-3-27-25(28-17-19-7-9-21(10-8-19)24(26)31)29-18-23(30-15-5-4-6-16-30)20-11-13-22(32-2)14-12-20;/h7-14,23H,3-6,15-18H2,1-2H3,(H2,26,31)(H2,27,28,29);1H. The van der Waals surface area contributed by atoms with E-state index < -0.39 is 5.91 Å². The van der Waals surface area contributed by atoms with Crippen LogP contribution in [0.1, 0.15) is 53.7 Å². The molecule has 0 bridgehead atoms. The lowest BCUT2D eigenvalue weighted by atomic mass is 10.0. The number of piperidine rings is 1. The van der Waals surface area contributed by atoms with Crippen molar-refractivity contribution in [3.8, 4) is 5.75 Å². The zero-order chi connectivity index (χ0) is 22.8. The highest BCUT2D eigenvalue weighted by molar-refractivity contribution is 14.0. The summed E-state index contributed by atoms with van der Waals surface area (Å²) < 4.78 is 5.33. The SMILES string of the molecule is CCNC(=NCc1ccc(C(N)=O)cc1)NCC(c1ccc(OC)cc1)N1CCCCC1.I. The fourth-order valence-electron chi connectivity index (χ4n) is 3.99. The molecule has 4 N–H and O–H groups in total. The van der Waals surface area contributed by atoms with Crippen molar-refractivity contribution in [1.29, 1.82) is 0 Å². The minimum absolute atomic E-state index is 0. The second-order valence-corrected chi connectivity index (χ2v) is 8.02. The third-order valence-electron chi connectivity index (χ3n) is 5.80. The molecule has 1 unspecified atom stereocenters. The van der Waals surface area contributed by atoms with E-state index in [2.05, 4.69) is 34.6 Å². The first-order chi connectivity index (χ1) is 15.6. The molecule has 1 saturated heterocycles. The van der Waals surface area contributed by atoms with Gasteiger partial charge in [0.1, 0.15) is 5.75 Å². The molecule has 8 heteroatoms. The molecule has 0 aromatic heterocycles. The number of nitrogens with one attached hydrogen (secondary N) is 2. The number of likely N-dealkylation sites (tertiary alicyclic amines) is 1. The summed E-state index contributed by atoms with van der Waals surface area (Å²) in [5.74, 6) is 1.23. The van der Waals surface area contributed by atoms with Crippen molar-refractivity contribution in [1.82, 2.24) is 15.5 Å². The molecule has 180 valence electrons. The molecule has 0 saturated carbocycles. The van der Waals surface area contributed by atoms with Crippen LogP contribution < -0.4 is 21.1 Å². The van der Waals surface area contributed by atoms with Gasteiger partial charge in [0, 0.05) is 18.7 Å². The number of guanidine groups is 1. The molecule has 2 aromatic carbocycles.